The second-order valence-electron chi connectivity index (χ2n) is 5.46. The average molecular weight is 331 g/mol. The van der Waals surface area contributed by atoms with Crippen molar-refractivity contribution in [3.8, 4) is 0 Å². The molecule has 23 heavy (non-hydrogen) atoms. The number of hydrogen-bond acceptors (Lipinski definition) is 2. The van der Waals surface area contributed by atoms with E-state index in [4.69, 9.17) is 11.6 Å². The van der Waals surface area contributed by atoms with Gasteiger partial charge in [0.1, 0.15) is 6.04 Å². The zero-order valence-electron chi connectivity index (χ0n) is 13.3. The maximum atomic E-state index is 12.3. The van der Waals surface area contributed by atoms with Crippen molar-refractivity contribution in [3.05, 3.63) is 64.2 Å². The van der Waals surface area contributed by atoms with E-state index < -0.39 is 6.04 Å². The van der Waals surface area contributed by atoms with Gasteiger partial charge in [-0.15, -0.1) is 0 Å². The summed E-state index contributed by atoms with van der Waals surface area (Å²) < 4.78 is 0. The zero-order valence-corrected chi connectivity index (χ0v) is 14.1. The highest BCUT2D eigenvalue weighted by atomic mass is 35.5. The van der Waals surface area contributed by atoms with Crippen LogP contribution in [0.25, 0.3) is 0 Å². The second-order valence-corrected chi connectivity index (χ2v) is 5.90. The van der Waals surface area contributed by atoms with Crippen molar-refractivity contribution in [2.45, 2.75) is 26.8 Å². The summed E-state index contributed by atoms with van der Waals surface area (Å²) in [7, 11) is 0. The first-order valence-corrected chi connectivity index (χ1v) is 7.70. The van der Waals surface area contributed by atoms with Gasteiger partial charge in [-0.05, 0) is 50.1 Å². The molecule has 0 aliphatic heterocycles. The minimum Gasteiger partial charge on any atom is -0.341 e. The van der Waals surface area contributed by atoms with Crippen LogP contribution >= 0.6 is 11.6 Å². The molecule has 4 nitrogen and oxygen atoms in total. The number of aryl methyl sites for hydroxylation is 2. The van der Waals surface area contributed by atoms with Gasteiger partial charge in [0.2, 0.25) is 5.91 Å². The van der Waals surface area contributed by atoms with Crippen molar-refractivity contribution >= 4 is 29.1 Å². The number of anilines is 1. The van der Waals surface area contributed by atoms with Crippen molar-refractivity contribution in [3.63, 3.8) is 0 Å². The number of amides is 2. The van der Waals surface area contributed by atoms with E-state index >= 15 is 0 Å². The van der Waals surface area contributed by atoms with Crippen molar-refractivity contribution in [2.24, 2.45) is 0 Å². The van der Waals surface area contributed by atoms with Crippen LogP contribution in [0.3, 0.4) is 0 Å². The van der Waals surface area contributed by atoms with Crippen molar-refractivity contribution < 1.29 is 9.59 Å². The van der Waals surface area contributed by atoms with E-state index in [-0.39, 0.29) is 11.8 Å². The molecule has 0 aromatic heterocycles. The van der Waals surface area contributed by atoms with Crippen molar-refractivity contribution in [1.82, 2.24) is 5.32 Å². The number of carbonyl (C=O) groups is 2. The molecule has 0 radical (unpaired) electrons. The number of halogens is 1. The number of hydrogen-bond donors (Lipinski definition) is 2. The topological polar surface area (TPSA) is 58.2 Å². The normalized spacial score (nSPS) is 11.7. The molecule has 2 N–H and O–H groups in total. The van der Waals surface area contributed by atoms with Gasteiger partial charge in [-0.2, -0.15) is 0 Å². The van der Waals surface area contributed by atoms with Crippen molar-refractivity contribution in [2.75, 3.05) is 5.32 Å². The first kappa shape index (κ1) is 17.0. The predicted molar refractivity (Wildman–Crippen MR) is 92.9 cm³/mol. The smallest absolute Gasteiger partial charge is 0.252 e. The van der Waals surface area contributed by atoms with E-state index in [0.717, 1.165) is 11.1 Å². The third-order valence-electron chi connectivity index (χ3n) is 3.59. The fraction of sp³-hybridized carbons (Fsp3) is 0.222. The Morgan fingerprint density at radius 1 is 1.04 bits per heavy atom. The molecular formula is C18H19ClN2O2. The number of rotatable bonds is 4. The van der Waals surface area contributed by atoms with Gasteiger partial charge >= 0.3 is 0 Å². The predicted octanol–water partition coefficient (Wildman–Crippen LogP) is 3.71. The molecule has 0 fully saturated rings. The van der Waals surface area contributed by atoms with Gasteiger partial charge in [-0.1, -0.05) is 35.9 Å². The Kier molecular flexibility index (Phi) is 5.40. The zero-order chi connectivity index (χ0) is 17.0. The standard InChI is InChI=1S/C18H19ClN2O2/c1-11-6-4-5-7-15(11)18(23)20-13(3)17(22)21-16-10-14(19)9-8-12(16)2/h4-10,13H,1-3H3,(H,20,23)(H,21,22). The quantitative estimate of drug-likeness (QED) is 0.897. The molecule has 2 amide bonds. The van der Waals surface area contributed by atoms with Gasteiger partial charge in [0.15, 0.2) is 0 Å². The van der Waals surface area contributed by atoms with Gasteiger partial charge in [-0.3, -0.25) is 9.59 Å². The van der Waals surface area contributed by atoms with Gasteiger partial charge in [0.25, 0.3) is 5.91 Å². The molecule has 120 valence electrons. The highest BCUT2D eigenvalue weighted by Gasteiger charge is 2.18. The number of benzene rings is 2. The molecule has 0 aliphatic carbocycles. The molecule has 0 saturated carbocycles. The van der Waals surface area contributed by atoms with Crippen LogP contribution in [0.15, 0.2) is 42.5 Å². The summed E-state index contributed by atoms with van der Waals surface area (Å²) in [6, 6.07) is 11.9. The maximum Gasteiger partial charge on any atom is 0.252 e. The fourth-order valence-corrected chi connectivity index (χ4v) is 2.31. The van der Waals surface area contributed by atoms with E-state index in [2.05, 4.69) is 10.6 Å². The van der Waals surface area contributed by atoms with Crippen LogP contribution in [0, 0.1) is 13.8 Å². The van der Waals surface area contributed by atoms with E-state index in [9.17, 15) is 9.59 Å². The molecule has 1 atom stereocenters. The summed E-state index contributed by atoms with van der Waals surface area (Å²) in [4.78, 5) is 24.5. The molecule has 0 spiro atoms. The lowest BCUT2D eigenvalue weighted by Gasteiger charge is -2.16. The second kappa shape index (κ2) is 7.29. The molecule has 2 rings (SSSR count). The molecule has 0 aliphatic rings. The van der Waals surface area contributed by atoms with Crippen LogP contribution < -0.4 is 10.6 Å². The highest BCUT2D eigenvalue weighted by molar-refractivity contribution is 6.31. The average Bonchev–Trinajstić information content (AvgIpc) is 2.51. The SMILES string of the molecule is Cc1ccc(Cl)cc1NC(=O)C(C)NC(=O)c1ccccc1C. The third kappa shape index (κ3) is 4.33. The fourth-order valence-electron chi connectivity index (χ4n) is 2.14. The van der Waals surface area contributed by atoms with Gasteiger partial charge in [0, 0.05) is 16.3 Å². The first-order chi connectivity index (χ1) is 10.9. The number of nitrogens with one attached hydrogen (secondary N) is 2. The summed E-state index contributed by atoms with van der Waals surface area (Å²) in [5.74, 6) is -0.564. The molecule has 0 heterocycles. The van der Waals surface area contributed by atoms with Gasteiger partial charge < -0.3 is 10.6 Å². The van der Waals surface area contributed by atoms with E-state index in [1.807, 2.05) is 32.0 Å². The Hall–Kier alpha value is -2.33. The first-order valence-electron chi connectivity index (χ1n) is 7.32. The molecule has 0 bridgehead atoms. The molecule has 2 aromatic rings. The Morgan fingerprint density at radius 2 is 1.74 bits per heavy atom. The third-order valence-corrected chi connectivity index (χ3v) is 3.82. The summed E-state index contributed by atoms with van der Waals surface area (Å²) in [6.45, 7) is 5.38. The molecule has 0 saturated heterocycles. The summed E-state index contributed by atoms with van der Waals surface area (Å²) >= 11 is 5.94. The van der Waals surface area contributed by atoms with Crippen LogP contribution in [0.5, 0.6) is 0 Å². The maximum absolute atomic E-state index is 12.3. The molecule has 5 heteroatoms. The largest absolute Gasteiger partial charge is 0.341 e. The van der Waals surface area contributed by atoms with Crippen LogP contribution in [0.2, 0.25) is 5.02 Å². The Morgan fingerprint density at radius 3 is 2.43 bits per heavy atom. The molecule has 2 aromatic carbocycles. The Bertz CT molecular complexity index is 744. The van der Waals surface area contributed by atoms with E-state index in [1.54, 1.807) is 31.2 Å². The van der Waals surface area contributed by atoms with E-state index in [1.165, 1.54) is 0 Å². The van der Waals surface area contributed by atoms with Crippen molar-refractivity contribution in [1.29, 1.82) is 0 Å². The lowest BCUT2D eigenvalue weighted by molar-refractivity contribution is -0.117. The monoisotopic (exact) mass is 330 g/mol. The minimum atomic E-state index is -0.666. The van der Waals surface area contributed by atoms with E-state index in [0.29, 0.717) is 16.3 Å². The highest BCUT2D eigenvalue weighted by Crippen LogP contribution is 2.20. The van der Waals surface area contributed by atoms with Gasteiger partial charge in [0.05, 0.1) is 0 Å². The lowest BCUT2D eigenvalue weighted by Crippen LogP contribution is -2.41. The Labute approximate surface area is 140 Å². The summed E-state index contributed by atoms with van der Waals surface area (Å²) in [5, 5.41) is 6.04. The van der Waals surface area contributed by atoms with Crippen LogP contribution in [-0.2, 0) is 4.79 Å². The minimum absolute atomic E-state index is 0.270. The van der Waals surface area contributed by atoms with Crippen LogP contribution in [-0.4, -0.2) is 17.9 Å². The Balaban J connectivity index is 2.04. The summed E-state index contributed by atoms with van der Waals surface area (Å²) in [6.07, 6.45) is 0. The number of carbonyl (C=O) groups excluding carboxylic acids is 2. The van der Waals surface area contributed by atoms with Crippen LogP contribution in [0.1, 0.15) is 28.4 Å². The van der Waals surface area contributed by atoms with Gasteiger partial charge in [-0.25, -0.2) is 0 Å². The molecule has 1 unspecified atom stereocenters. The summed E-state index contributed by atoms with van der Waals surface area (Å²) in [5.41, 5.74) is 2.97. The lowest BCUT2D eigenvalue weighted by atomic mass is 10.1. The van der Waals surface area contributed by atoms with Crippen LogP contribution in [0.4, 0.5) is 5.69 Å². The molecular weight excluding hydrogens is 312 g/mol.